The van der Waals surface area contributed by atoms with Gasteiger partial charge in [-0.25, -0.2) is 9.97 Å². The topological polar surface area (TPSA) is 51.6 Å². The third-order valence-electron chi connectivity index (χ3n) is 9.80. The maximum Gasteiger partial charge on any atom is 0.0975 e. The van der Waals surface area contributed by atoms with E-state index in [1.54, 1.807) is 0 Å². The molecule has 8 rings (SSSR count). The second-order valence-corrected chi connectivity index (χ2v) is 14.9. The van der Waals surface area contributed by atoms with Gasteiger partial charge in [-0.15, -0.1) is 0 Å². The van der Waals surface area contributed by atoms with Crippen molar-refractivity contribution in [2.45, 2.75) is 66.2 Å². The molecular formula is C42H38Br2N4. The van der Waals surface area contributed by atoms with Crippen molar-refractivity contribution >= 4 is 97.0 Å². The van der Waals surface area contributed by atoms with E-state index < -0.39 is 0 Å². The summed E-state index contributed by atoms with van der Waals surface area (Å²) in [6, 6.07) is 26.4. The average molecular weight is 759 g/mol. The number of hydrogen-bond acceptors (Lipinski definition) is 4. The van der Waals surface area contributed by atoms with Crippen molar-refractivity contribution in [3.63, 3.8) is 0 Å². The molecule has 0 N–H and O–H groups in total. The van der Waals surface area contributed by atoms with Gasteiger partial charge >= 0.3 is 0 Å². The summed E-state index contributed by atoms with van der Waals surface area (Å²) in [6.45, 7) is 13.1. The zero-order valence-corrected chi connectivity index (χ0v) is 31.4. The Morgan fingerprint density at radius 1 is 0.479 bits per heavy atom. The van der Waals surface area contributed by atoms with Crippen molar-refractivity contribution in [2.75, 3.05) is 0 Å². The molecule has 0 spiro atoms. The van der Waals surface area contributed by atoms with Gasteiger partial charge < -0.3 is 0 Å². The minimum absolute atomic E-state index is 0.547. The van der Waals surface area contributed by atoms with Crippen molar-refractivity contribution in [3.8, 4) is 0 Å². The smallest absolute Gasteiger partial charge is 0.0975 e. The second-order valence-electron chi connectivity index (χ2n) is 13.0. The molecular weight excluding hydrogens is 720 g/mol. The molecule has 2 atom stereocenters. The van der Waals surface area contributed by atoms with E-state index in [1.165, 1.54) is 43.4 Å². The van der Waals surface area contributed by atoms with Crippen molar-refractivity contribution in [1.29, 1.82) is 0 Å². The first-order chi connectivity index (χ1) is 23.2. The van der Waals surface area contributed by atoms with Gasteiger partial charge in [-0.05, 0) is 108 Å². The highest BCUT2D eigenvalue weighted by atomic mass is 79.9. The van der Waals surface area contributed by atoms with Crippen LogP contribution in [0.1, 0.15) is 74.9 Å². The SMILES string of the molecule is CCC(C)c1ccc2c3ccc(C(C)CC)cc3c3nc(C)cnc3c2c1.Cc1cnc2c3cc(Br)ccc3c3ccc(Br)cc3c2n1. The van der Waals surface area contributed by atoms with E-state index in [0.29, 0.717) is 11.8 Å². The van der Waals surface area contributed by atoms with Gasteiger partial charge in [0.1, 0.15) is 0 Å². The summed E-state index contributed by atoms with van der Waals surface area (Å²) < 4.78 is 2.10. The number of rotatable bonds is 4. The van der Waals surface area contributed by atoms with Crippen LogP contribution in [0, 0.1) is 13.8 Å². The first-order valence-corrected chi connectivity index (χ1v) is 18.3. The van der Waals surface area contributed by atoms with Gasteiger partial charge in [0.15, 0.2) is 0 Å². The molecule has 0 saturated heterocycles. The lowest BCUT2D eigenvalue weighted by atomic mass is 9.90. The van der Waals surface area contributed by atoms with E-state index in [1.807, 2.05) is 26.2 Å². The van der Waals surface area contributed by atoms with E-state index in [0.717, 1.165) is 66.0 Å². The van der Waals surface area contributed by atoms with Gasteiger partial charge in [-0.3, -0.25) is 9.97 Å². The standard InChI is InChI=1S/C25H28N2.C17H10Br2N2/c1-6-15(3)18-8-10-20-21-11-9-19(16(4)7-2)13-23(21)25-24(22(20)12-18)26-14-17(5)27-25;1-9-8-20-16-14-6-10(18)2-4-12(14)13-5-3-11(19)7-15(13)17(16)21-9/h8-16H,6-7H2,1-5H3;2-8H,1H3. The highest BCUT2D eigenvalue weighted by Crippen LogP contribution is 2.38. The zero-order chi connectivity index (χ0) is 33.7. The largest absolute Gasteiger partial charge is 0.252 e. The molecule has 0 aliphatic carbocycles. The van der Waals surface area contributed by atoms with Gasteiger partial charge in [0, 0.05) is 42.9 Å². The molecule has 2 unspecified atom stereocenters. The number of aryl methyl sites for hydroxylation is 2. The summed E-state index contributed by atoms with van der Waals surface area (Å²) in [5.74, 6) is 1.09. The molecule has 6 heteroatoms. The lowest BCUT2D eigenvalue weighted by molar-refractivity contribution is 0.734. The number of nitrogens with zero attached hydrogens (tertiary/aromatic N) is 4. The number of fused-ring (bicyclic) bond motifs is 12. The molecule has 0 amide bonds. The first-order valence-electron chi connectivity index (χ1n) is 16.7. The molecule has 0 radical (unpaired) electrons. The Bertz CT molecular complexity index is 2520. The van der Waals surface area contributed by atoms with Crippen LogP contribution >= 0.6 is 31.9 Å². The first kappa shape index (κ1) is 32.5. The Balaban J connectivity index is 0.000000156. The monoisotopic (exact) mass is 756 g/mol. The minimum atomic E-state index is 0.547. The number of halogens is 2. The van der Waals surface area contributed by atoms with Crippen LogP contribution in [-0.4, -0.2) is 19.9 Å². The predicted octanol–water partition coefficient (Wildman–Crippen LogP) is 13.0. The molecule has 4 nitrogen and oxygen atoms in total. The molecule has 6 aromatic carbocycles. The Morgan fingerprint density at radius 2 is 0.833 bits per heavy atom. The Morgan fingerprint density at radius 3 is 1.25 bits per heavy atom. The summed E-state index contributed by atoms with van der Waals surface area (Å²) >= 11 is 7.11. The third-order valence-corrected chi connectivity index (χ3v) is 10.8. The fraction of sp³-hybridized carbons (Fsp3) is 0.238. The molecule has 8 aromatic rings. The second kappa shape index (κ2) is 13.1. The normalized spacial score (nSPS) is 13.0. The molecule has 0 bridgehead atoms. The molecule has 240 valence electrons. The highest BCUT2D eigenvalue weighted by Gasteiger charge is 2.15. The maximum atomic E-state index is 4.91. The van der Waals surface area contributed by atoms with Crippen LogP contribution in [0.15, 0.2) is 94.1 Å². The lowest BCUT2D eigenvalue weighted by Gasteiger charge is -2.15. The molecule has 0 aliphatic rings. The van der Waals surface area contributed by atoms with Crippen molar-refractivity contribution in [3.05, 3.63) is 117 Å². The van der Waals surface area contributed by atoms with Crippen molar-refractivity contribution in [2.24, 2.45) is 0 Å². The summed E-state index contributed by atoms with van der Waals surface area (Å²) in [5, 5.41) is 9.66. The van der Waals surface area contributed by atoms with Crippen LogP contribution in [0.25, 0.3) is 65.2 Å². The Hall–Kier alpha value is -4.00. The van der Waals surface area contributed by atoms with Gasteiger partial charge in [0.2, 0.25) is 0 Å². The number of hydrogen-bond donors (Lipinski definition) is 0. The molecule has 48 heavy (non-hydrogen) atoms. The molecule has 2 aromatic heterocycles. The van der Waals surface area contributed by atoms with Gasteiger partial charge in [0.25, 0.3) is 0 Å². The van der Waals surface area contributed by atoms with Crippen LogP contribution in [0.2, 0.25) is 0 Å². The summed E-state index contributed by atoms with van der Waals surface area (Å²) in [5.41, 5.74) is 8.61. The Kier molecular flexibility index (Phi) is 8.90. The summed E-state index contributed by atoms with van der Waals surface area (Å²) in [6.07, 6.45) is 5.99. The van der Waals surface area contributed by atoms with Gasteiger partial charge in [-0.2, -0.15) is 0 Å². The predicted molar refractivity (Wildman–Crippen MR) is 211 cm³/mol. The van der Waals surface area contributed by atoms with E-state index >= 15 is 0 Å². The van der Waals surface area contributed by atoms with Crippen LogP contribution in [0.4, 0.5) is 0 Å². The minimum Gasteiger partial charge on any atom is -0.252 e. The van der Waals surface area contributed by atoms with Crippen molar-refractivity contribution < 1.29 is 0 Å². The molecule has 0 fully saturated rings. The van der Waals surface area contributed by atoms with Crippen LogP contribution in [0.3, 0.4) is 0 Å². The zero-order valence-electron chi connectivity index (χ0n) is 28.2. The lowest BCUT2D eigenvalue weighted by Crippen LogP contribution is -1.96. The third kappa shape index (κ3) is 5.83. The van der Waals surface area contributed by atoms with Crippen LogP contribution < -0.4 is 0 Å². The summed E-state index contributed by atoms with van der Waals surface area (Å²) in [4.78, 5) is 19.1. The quantitative estimate of drug-likeness (QED) is 0.168. The van der Waals surface area contributed by atoms with Gasteiger partial charge in [-0.1, -0.05) is 96.0 Å². The molecule has 2 heterocycles. The molecule has 0 aliphatic heterocycles. The van der Waals surface area contributed by atoms with Crippen molar-refractivity contribution in [1.82, 2.24) is 19.9 Å². The molecule has 0 saturated carbocycles. The van der Waals surface area contributed by atoms with E-state index in [2.05, 4.69) is 137 Å². The number of benzene rings is 6. The number of aromatic nitrogens is 4. The van der Waals surface area contributed by atoms with Gasteiger partial charge in [0.05, 0.1) is 33.5 Å². The Labute approximate surface area is 298 Å². The summed E-state index contributed by atoms with van der Waals surface area (Å²) in [7, 11) is 0. The maximum absolute atomic E-state index is 4.91. The van der Waals surface area contributed by atoms with Crippen LogP contribution in [-0.2, 0) is 0 Å². The fourth-order valence-electron chi connectivity index (χ4n) is 6.69. The van der Waals surface area contributed by atoms with Crippen LogP contribution in [0.5, 0.6) is 0 Å². The average Bonchev–Trinajstić information content (AvgIpc) is 3.10. The van der Waals surface area contributed by atoms with E-state index in [4.69, 9.17) is 15.0 Å². The van der Waals surface area contributed by atoms with E-state index in [-0.39, 0.29) is 0 Å². The highest BCUT2D eigenvalue weighted by molar-refractivity contribution is 9.10. The fourth-order valence-corrected chi connectivity index (χ4v) is 7.41. The van der Waals surface area contributed by atoms with E-state index in [9.17, 15) is 0 Å².